The first-order valence-corrected chi connectivity index (χ1v) is 6.03. The van der Waals surface area contributed by atoms with E-state index in [9.17, 15) is 18.8 Å². The van der Waals surface area contributed by atoms with Gasteiger partial charge >= 0.3 is 5.97 Å². The van der Waals surface area contributed by atoms with Crippen LogP contribution in [-0.4, -0.2) is 32.4 Å². The first-order valence-electron chi connectivity index (χ1n) is 6.03. The predicted molar refractivity (Wildman–Crippen MR) is 69.3 cm³/mol. The fourth-order valence-electron chi connectivity index (χ4n) is 1.82. The zero-order valence-corrected chi connectivity index (χ0v) is 10.8. The van der Waals surface area contributed by atoms with Crippen molar-refractivity contribution >= 4 is 17.5 Å². The van der Waals surface area contributed by atoms with Crippen LogP contribution in [0.5, 0.6) is 0 Å². The number of ketones is 2. The number of rotatable bonds is 6. The number of Topliss-reactive ketones (excluding diaryl/α,β-unsaturated/α-hetero) is 2. The van der Waals surface area contributed by atoms with Crippen LogP contribution in [-0.2, 0) is 16.1 Å². The van der Waals surface area contributed by atoms with Crippen molar-refractivity contribution in [1.29, 1.82) is 0 Å². The van der Waals surface area contributed by atoms with Crippen LogP contribution in [0, 0.1) is 5.82 Å². The Balaban J connectivity index is 2.17. The summed E-state index contributed by atoms with van der Waals surface area (Å²) in [4.78, 5) is 33.4. The minimum absolute atomic E-state index is 0.105. The van der Waals surface area contributed by atoms with Crippen molar-refractivity contribution in [3.63, 3.8) is 0 Å². The predicted octanol–water partition coefficient (Wildman–Crippen LogP) is 1.30. The van der Waals surface area contributed by atoms with Crippen molar-refractivity contribution in [2.75, 3.05) is 0 Å². The molecule has 0 spiro atoms. The molecular weight excluding hydrogens is 279 g/mol. The van der Waals surface area contributed by atoms with Crippen LogP contribution >= 0.6 is 0 Å². The molecule has 6 nitrogen and oxygen atoms in total. The molecule has 0 bridgehead atoms. The fourth-order valence-corrected chi connectivity index (χ4v) is 1.82. The molecule has 108 valence electrons. The molecule has 21 heavy (non-hydrogen) atoms. The number of nitrogens with zero attached hydrogens (tertiary/aromatic N) is 2. The third-order valence-electron chi connectivity index (χ3n) is 2.78. The number of carbonyl (C=O) groups is 3. The molecule has 0 aliphatic carbocycles. The summed E-state index contributed by atoms with van der Waals surface area (Å²) in [5.41, 5.74) is 0.700. The number of benzene rings is 1. The molecule has 0 fully saturated rings. The normalized spacial score (nSPS) is 10.3. The molecule has 1 aromatic heterocycles. The summed E-state index contributed by atoms with van der Waals surface area (Å²) in [5.74, 6) is -3.89. The Morgan fingerprint density at radius 2 is 2.00 bits per heavy atom. The molecule has 1 heterocycles. The van der Waals surface area contributed by atoms with Gasteiger partial charge in [0.15, 0.2) is 5.78 Å². The van der Waals surface area contributed by atoms with Crippen molar-refractivity contribution < 1.29 is 23.9 Å². The van der Waals surface area contributed by atoms with Crippen LogP contribution in [0.3, 0.4) is 0 Å². The number of halogens is 1. The molecule has 2 aromatic rings. The minimum Gasteiger partial charge on any atom is -0.475 e. The number of hydrogen-bond donors (Lipinski definition) is 1. The van der Waals surface area contributed by atoms with E-state index in [-0.39, 0.29) is 12.2 Å². The largest absolute Gasteiger partial charge is 0.475 e. The standard InChI is InChI=1S/C14H11FN2O4/c15-10-3-1-2-9(6-10)8-17-11(4-5-16-17)12(18)7-13(19)14(20)21/h1-6H,7-8H2,(H,20,21). The lowest BCUT2D eigenvalue weighted by molar-refractivity contribution is -0.148. The van der Waals surface area contributed by atoms with Gasteiger partial charge in [0, 0.05) is 6.20 Å². The smallest absolute Gasteiger partial charge is 0.372 e. The summed E-state index contributed by atoms with van der Waals surface area (Å²) < 4.78 is 14.4. The summed E-state index contributed by atoms with van der Waals surface area (Å²) >= 11 is 0. The Morgan fingerprint density at radius 3 is 2.67 bits per heavy atom. The molecule has 0 atom stereocenters. The van der Waals surface area contributed by atoms with Gasteiger partial charge in [-0.2, -0.15) is 5.10 Å². The van der Waals surface area contributed by atoms with E-state index in [4.69, 9.17) is 5.11 Å². The Kier molecular flexibility index (Phi) is 4.22. The quantitative estimate of drug-likeness (QED) is 0.492. The first-order chi connectivity index (χ1) is 9.97. The lowest BCUT2D eigenvalue weighted by atomic mass is 10.1. The molecule has 0 amide bonds. The molecule has 0 aliphatic heterocycles. The van der Waals surface area contributed by atoms with Crippen LogP contribution < -0.4 is 0 Å². The second-order valence-corrected chi connectivity index (χ2v) is 4.33. The molecule has 2 rings (SSSR count). The van der Waals surface area contributed by atoms with Crippen molar-refractivity contribution in [1.82, 2.24) is 9.78 Å². The van der Waals surface area contributed by atoms with Crippen LogP contribution in [0.15, 0.2) is 36.5 Å². The number of hydrogen-bond acceptors (Lipinski definition) is 4. The van der Waals surface area contributed by atoms with Gasteiger partial charge in [0.2, 0.25) is 5.78 Å². The molecule has 0 aliphatic rings. The Labute approximate surface area is 118 Å². The monoisotopic (exact) mass is 290 g/mol. The second-order valence-electron chi connectivity index (χ2n) is 4.33. The summed E-state index contributed by atoms with van der Waals surface area (Å²) in [6.45, 7) is 0.146. The van der Waals surface area contributed by atoms with E-state index in [2.05, 4.69) is 5.10 Å². The van der Waals surface area contributed by atoms with Crippen LogP contribution in [0.1, 0.15) is 22.5 Å². The second kappa shape index (κ2) is 6.08. The van der Waals surface area contributed by atoms with Crippen LogP contribution in [0.25, 0.3) is 0 Å². The summed E-state index contributed by atoms with van der Waals surface area (Å²) in [5, 5.41) is 12.4. The van der Waals surface area contributed by atoms with Gasteiger partial charge in [-0.05, 0) is 23.8 Å². The summed E-state index contributed by atoms with van der Waals surface area (Å²) in [6.07, 6.45) is 0.627. The average molecular weight is 290 g/mol. The zero-order chi connectivity index (χ0) is 15.4. The minimum atomic E-state index is -1.65. The van der Waals surface area contributed by atoms with E-state index in [1.54, 1.807) is 6.07 Å². The van der Waals surface area contributed by atoms with Gasteiger partial charge in [-0.1, -0.05) is 12.1 Å². The highest BCUT2D eigenvalue weighted by molar-refractivity contribution is 6.37. The van der Waals surface area contributed by atoms with Crippen molar-refractivity contribution in [2.45, 2.75) is 13.0 Å². The van der Waals surface area contributed by atoms with E-state index in [0.717, 1.165) is 0 Å². The topological polar surface area (TPSA) is 89.3 Å². The third-order valence-corrected chi connectivity index (χ3v) is 2.78. The summed E-state index contributed by atoms with van der Waals surface area (Å²) in [6, 6.07) is 7.18. The van der Waals surface area contributed by atoms with Gasteiger partial charge in [0.25, 0.3) is 0 Å². The average Bonchev–Trinajstić information content (AvgIpc) is 2.86. The Morgan fingerprint density at radius 1 is 1.24 bits per heavy atom. The molecule has 1 N–H and O–H groups in total. The van der Waals surface area contributed by atoms with Gasteiger partial charge in [-0.25, -0.2) is 9.18 Å². The fraction of sp³-hybridized carbons (Fsp3) is 0.143. The van der Waals surface area contributed by atoms with Crippen molar-refractivity contribution in [3.05, 3.63) is 53.6 Å². The van der Waals surface area contributed by atoms with E-state index in [0.29, 0.717) is 5.56 Å². The molecule has 0 radical (unpaired) electrons. The molecule has 0 saturated carbocycles. The molecule has 0 unspecified atom stereocenters. The van der Waals surface area contributed by atoms with Crippen LogP contribution in [0.4, 0.5) is 4.39 Å². The van der Waals surface area contributed by atoms with Gasteiger partial charge in [0.1, 0.15) is 11.5 Å². The number of aliphatic carboxylic acids is 1. The van der Waals surface area contributed by atoms with E-state index in [1.807, 2.05) is 0 Å². The van der Waals surface area contributed by atoms with E-state index in [1.165, 1.54) is 35.1 Å². The highest BCUT2D eigenvalue weighted by Gasteiger charge is 2.20. The lowest BCUT2D eigenvalue weighted by Crippen LogP contribution is -2.19. The van der Waals surface area contributed by atoms with Gasteiger partial charge in [-0.3, -0.25) is 14.3 Å². The van der Waals surface area contributed by atoms with Gasteiger partial charge < -0.3 is 5.11 Å². The van der Waals surface area contributed by atoms with E-state index < -0.39 is 29.8 Å². The zero-order valence-electron chi connectivity index (χ0n) is 10.8. The molecule has 0 saturated heterocycles. The number of carboxylic acid groups (broad SMARTS) is 1. The number of carboxylic acids is 1. The maximum atomic E-state index is 13.1. The molecule has 1 aromatic carbocycles. The summed E-state index contributed by atoms with van der Waals surface area (Å²) in [7, 11) is 0. The highest BCUT2D eigenvalue weighted by Crippen LogP contribution is 2.09. The number of carbonyl (C=O) groups excluding carboxylic acids is 2. The lowest BCUT2D eigenvalue weighted by Gasteiger charge is -2.06. The van der Waals surface area contributed by atoms with Crippen molar-refractivity contribution in [3.8, 4) is 0 Å². The highest BCUT2D eigenvalue weighted by atomic mass is 19.1. The molecule has 7 heteroatoms. The van der Waals surface area contributed by atoms with E-state index >= 15 is 0 Å². The van der Waals surface area contributed by atoms with Crippen molar-refractivity contribution in [2.24, 2.45) is 0 Å². The number of aromatic nitrogens is 2. The SMILES string of the molecule is O=C(O)C(=O)CC(=O)c1ccnn1Cc1cccc(F)c1. The van der Waals surface area contributed by atoms with Gasteiger partial charge in [-0.15, -0.1) is 0 Å². The third kappa shape index (κ3) is 3.59. The molecular formula is C14H11FN2O4. The maximum absolute atomic E-state index is 13.1. The Hall–Kier alpha value is -2.83. The first kappa shape index (κ1) is 14.6. The maximum Gasteiger partial charge on any atom is 0.372 e. The van der Waals surface area contributed by atoms with Gasteiger partial charge in [0.05, 0.1) is 13.0 Å². The Bertz CT molecular complexity index is 709. The van der Waals surface area contributed by atoms with Crippen LogP contribution in [0.2, 0.25) is 0 Å².